The molecule has 0 fully saturated rings. The van der Waals surface area contributed by atoms with Crippen LogP contribution < -0.4 is 0 Å². The second-order valence-corrected chi connectivity index (χ2v) is 10.2. The van der Waals surface area contributed by atoms with Gasteiger partial charge < -0.3 is 0 Å². The summed E-state index contributed by atoms with van der Waals surface area (Å²) in [5.41, 5.74) is 8.56. The van der Waals surface area contributed by atoms with Crippen molar-refractivity contribution < 1.29 is 0 Å². The topological polar surface area (TPSA) is 25.8 Å². The number of para-hydroxylation sites is 1. The number of hydrogen-bond donors (Lipinski definition) is 0. The molecule has 1 unspecified atom stereocenters. The van der Waals surface area contributed by atoms with Crippen molar-refractivity contribution in [2.45, 2.75) is 31.6 Å². The van der Waals surface area contributed by atoms with Crippen LogP contribution in [0.2, 0.25) is 0 Å². The lowest BCUT2D eigenvalue weighted by Gasteiger charge is -2.22. The van der Waals surface area contributed by atoms with Gasteiger partial charge in [-0.05, 0) is 45.3 Å². The molecule has 1 atom stereocenters. The SMILES string of the molecule is CC1(C)c2ccccc2-c2ccc(-c3nc(C4C=CC=C(Br)C4)nc4ccccc34)cc21. The van der Waals surface area contributed by atoms with Gasteiger partial charge in [0.05, 0.1) is 11.2 Å². The van der Waals surface area contributed by atoms with Crippen LogP contribution in [0.1, 0.15) is 43.1 Å². The summed E-state index contributed by atoms with van der Waals surface area (Å²) in [5, 5.41) is 1.10. The molecule has 0 N–H and O–H groups in total. The molecule has 0 saturated carbocycles. The fourth-order valence-electron chi connectivity index (χ4n) is 5.15. The van der Waals surface area contributed by atoms with Gasteiger partial charge in [0.1, 0.15) is 5.82 Å². The Morgan fingerprint density at radius 2 is 1.66 bits per heavy atom. The summed E-state index contributed by atoms with van der Waals surface area (Å²) in [5.74, 6) is 1.05. The van der Waals surface area contributed by atoms with Gasteiger partial charge >= 0.3 is 0 Å². The van der Waals surface area contributed by atoms with Crippen molar-refractivity contribution in [3.8, 4) is 22.4 Å². The maximum Gasteiger partial charge on any atom is 0.136 e. The van der Waals surface area contributed by atoms with Gasteiger partial charge in [-0.1, -0.05) is 103 Å². The molecule has 156 valence electrons. The van der Waals surface area contributed by atoms with Crippen LogP contribution in [-0.4, -0.2) is 9.97 Å². The highest BCUT2D eigenvalue weighted by Crippen LogP contribution is 2.49. The molecule has 0 amide bonds. The molecule has 6 rings (SSSR count). The summed E-state index contributed by atoms with van der Waals surface area (Å²) in [4.78, 5) is 10.1. The lowest BCUT2D eigenvalue weighted by Crippen LogP contribution is -2.15. The standard InChI is InChI=1S/C29H23BrN2/c1-29(2)24-12-5-3-10-21(24)22-15-14-18(17-25(22)29)27-23-11-4-6-13-26(23)31-28(32-27)19-8-7-9-20(30)16-19/h3-15,17,19H,16H2,1-2H3. The molecular formula is C29H23BrN2. The van der Waals surface area contributed by atoms with Gasteiger partial charge in [-0.15, -0.1) is 0 Å². The summed E-state index contributed by atoms with van der Waals surface area (Å²) < 4.78 is 1.18. The van der Waals surface area contributed by atoms with Crippen molar-refractivity contribution in [2.75, 3.05) is 0 Å². The largest absolute Gasteiger partial charge is 0.232 e. The highest BCUT2D eigenvalue weighted by molar-refractivity contribution is 9.11. The number of hydrogen-bond acceptors (Lipinski definition) is 2. The van der Waals surface area contributed by atoms with Crippen molar-refractivity contribution in [3.05, 3.63) is 106 Å². The Hall–Kier alpha value is -3.04. The van der Waals surface area contributed by atoms with Gasteiger partial charge in [0.2, 0.25) is 0 Å². The van der Waals surface area contributed by atoms with Crippen molar-refractivity contribution in [2.24, 2.45) is 0 Å². The third-order valence-electron chi connectivity index (χ3n) is 6.84. The monoisotopic (exact) mass is 478 g/mol. The van der Waals surface area contributed by atoms with E-state index in [-0.39, 0.29) is 11.3 Å². The van der Waals surface area contributed by atoms with Crippen molar-refractivity contribution in [1.29, 1.82) is 0 Å². The zero-order valence-electron chi connectivity index (χ0n) is 18.1. The number of rotatable bonds is 2. The van der Waals surface area contributed by atoms with E-state index in [1.807, 2.05) is 0 Å². The van der Waals surface area contributed by atoms with E-state index in [0.29, 0.717) is 0 Å². The van der Waals surface area contributed by atoms with Crippen LogP contribution in [0, 0.1) is 0 Å². The Balaban J connectivity index is 1.54. The Morgan fingerprint density at radius 3 is 2.53 bits per heavy atom. The first-order chi connectivity index (χ1) is 15.5. The van der Waals surface area contributed by atoms with Crippen LogP contribution >= 0.6 is 15.9 Å². The molecule has 3 aromatic carbocycles. The molecule has 2 aliphatic carbocycles. The molecule has 4 aromatic rings. The lowest BCUT2D eigenvalue weighted by atomic mass is 9.82. The predicted octanol–water partition coefficient (Wildman–Crippen LogP) is 7.93. The first kappa shape index (κ1) is 19.6. The number of aromatic nitrogens is 2. The van der Waals surface area contributed by atoms with E-state index in [1.54, 1.807) is 0 Å². The lowest BCUT2D eigenvalue weighted by molar-refractivity contribution is 0.660. The first-order valence-electron chi connectivity index (χ1n) is 11.1. The summed E-state index contributed by atoms with van der Waals surface area (Å²) in [7, 11) is 0. The zero-order valence-corrected chi connectivity index (χ0v) is 19.7. The van der Waals surface area contributed by atoms with Gasteiger partial charge in [-0.25, -0.2) is 9.97 Å². The van der Waals surface area contributed by atoms with Crippen LogP contribution in [0.15, 0.2) is 89.4 Å². The van der Waals surface area contributed by atoms with E-state index in [1.165, 1.54) is 26.7 Å². The van der Waals surface area contributed by atoms with Crippen LogP contribution in [0.5, 0.6) is 0 Å². The van der Waals surface area contributed by atoms with Crippen LogP contribution in [0.4, 0.5) is 0 Å². The van der Waals surface area contributed by atoms with Crippen molar-refractivity contribution in [3.63, 3.8) is 0 Å². The molecule has 0 aliphatic heterocycles. The van der Waals surface area contributed by atoms with E-state index in [2.05, 4.69) is 115 Å². The normalized spacial score (nSPS) is 18.3. The fourth-order valence-corrected chi connectivity index (χ4v) is 5.65. The molecule has 2 aliphatic rings. The highest BCUT2D eigenvalue weighted by atomic mass is 79.9. The molecule has 0 spiro atoms. The molecule has 2 nitrogen and oxygen atoms in total. The van der Waals surface area contributed by atoms with Crippen LogP contribution in [0.25, 0.3) is 33.3 Å². The van der Waals surface area contributed by atoms with E-state index >= 15 is 0 Å². The number of halogens is 1. The quantitative estimate of drug-likeness (QED) is 0.292. The van der Waals surface area contributed by atoms with E-state index in [9.17, 15) is 0 Å². The van der Waals surface area contributed by atoms with Gasteiger partial charge in [-0.3, -0.25) is 0 Å². The fraction of sp³-hybridized carbons (Fsp3) is 0.172. The third kappa shape index (κ3) is 2.99. The molecule has 0 saturated heterocycles. The van der Waals surface area contributed by atoms with E-state index in [4.69, 9.17) is 9.97 Å². The zero-order chi connectivity index (χ0) is 21.9. The maximum absolute atomic E-state index is 5.14. The minimum atomic E-state index is -0.0324. The molecule has 0 radical (unpaired) electrons. The Labute approximate surface area is 196 Å². The third-order valence-corrected chi connectivity index (χ3v) is 7.43. The minimum Gasteiger partial charge on any atom is -0.232 e. The molecule has 1 aromatic heterocycles. The molecule has 1 heterocycles. The van der Waals surface area contributed by atoms with Crippen molar-refractivity contribution >= 4 is 26.8 Å². The van der Waals surface area contributed by atoms with E-state index < -0.39 is 0 Å². The average molecular weight is 479 g/mol. The Morgan fingerprint density at radius 1 is 0.875 bits per heavy atom. The second-order valence-electron chi connectivity index (χ2n) is 9.19. The van der Waals surface area contributed by atoms with Crippen LogP contribution in [-0.2, 0) is 5.41 Å². The Bertz CT molecular complexity index is 1450. The molecule has 3 heteroatoms. The molecule has 0 bridgehead atoms. The minimum absolute atomic E-state index is 0.0324. The number of allylic oxidation sites excluding steroid dienone is 4. The number of nitrogens with zero attached hydrogens (tertiary/aromatic N) is 2. The highest BCUT2D eigenvalue weighted by Gasteiger charge is 2.35. The van der Waals surface area contributed by atoms with E-state index in [0.717, 1.165) is 34.4 Å². The predicted molar refractivity (Wildman–Crippen MR) is 136 cm³/mol. The van der Waals surface area contributed by atoms with Crippen molar-refractivity contribution in [1.82, 2.24) is 9.97 Å². The maximum atomic E-state index is 5.14. The molecular weight excluding hydrogens is 456 g/mol. The molecule has 32 heavy (non-hydrogen) atoms. The summed E-state index contributed by atoms with van der Waals surface area (Å²) in [6, 6.07) is 24.0. The summed E-state index contributed by atoms with van der Waals surface area (Å²) in [6.45, 7) is 4.64. The van der Waals surface area contributed by atoms with Gasteiger partial charge in [0, 0.05) is 22.3 Å². The smallest absolute Gasteiger partial charge is 0.136 e. The first-order valence-corrected chi connectivity index (χ1v) is 11.9. The van der Waals surface area contributed by atoms with Gasteiger partial charge in [0.25, 0.3) is 0 Å². The van der Waals surface area contributed by atoms with Crippen LogP contribution in [0.3, 0.4) is 0 Å². The number of benzene rings is 3. The summed E-state index contributed by atoms with van der Waals surface area (Å²) in [6.07, 6.45) is 7.27. The van der Waals surface area contributed by atoms with Gasteiger partial charge in [0.15, 0.2) is 0 Å². The van der Waals surface area contributed by atoms with Gasteiger partial charge in [-0.2, -0.15) is 0 Å². The summed E-state index contributed by atoms with van der Waals surface area (Å²) >= 11 is 3.65. The average Bonchev–Trinajstić information content (AvgIpc) is 3.05. The Kier molecular flexibility index (Phi) is 4.44. The number of fused-ring (bicyclic) bond motifs is 4. The second kappa shape index (κ2) is 7.25.